The lowest BCUT2D eigenvalue weighted by molar-refractivity contribution is 0.0621. The van der Waals surface area contributed by atoms with Crippen molar-refractivity contribution in [1.29, 1.82) is 0 Å². The molecule has 1 aliphatic rings. The molecule has 1 saturated heterocycles. The molecular formula is C16H22N4O2. The number of fused-ring (bicyclic) bond motifs is 1. The standard InChI is InChI=1S/C16H22N4O2/c1-10-7-11(2)20-15(17-10)14(12(3)18-20)16(22)19-6-4-5-13(8-19)9-21/h7,13,21H,4-6,8-9H2,1-3H3. The van der Waals surface area contributed by atoms with Crippen LogP contribution in [-0.4, -0.2) is 50.2 Å². The van der Waals surface area contributed by atoms with Crippen LogP contribution in [0.1, 0.15) is 40.3 Å². The van der Waals surface area contributed by atoms with Gasteiger partial charge >= 0.3 is 0 Å². The maximum absolute atomic E-state index is 12.9. The number of aryl methyl sites for hydroxylation is 3. The Balaban J connectivity index is 2.02. The fraction of sp³-hybridized carbons (Fsp3) is 0.562. The van der Waals surface area contributed by atoms with Gasteiger partial charge < -0.3 is 10.0 Å². The van der Waals surface area contributed by atoms with Gasteiger partial charge in [0.25, 0.3) is 5.91 Å². The molecular weight excluding hydrogens is 280 g/mol. The Morgan fingerprint density at radius 1 is 1.41 bits per heavy atom. The molecule has 3 rings (SSSR count). The minimum Gasteiger partial charge on any atom is -0.396 e. The minimum atomic E-state index is -0.0249. The third-order valence-corrected chi connectivity index (χ3v) is 4.35. The summed E-state index contributed by atoms with van der Waals surface area (Å²) in [4.78, 5) is 19.3. The maximum atomic E-state index is 12.9. The summed E-state index contributed by atoms with van der Waals surface area (Å²) in [5, 5.41) is 13.8. The first-order chi connectivity index (χ1) is 10.5. The van der Waals surface area contributed by atoms with Gasteiger partial charge in [-0.2, -0.15) is 5.10 Å². The highest BCUT2D eigenvalue weighted by Crippen LogP contribution is 2.22. The molecule has 22 heavy (non-hydrogen) atoms. The number of carbonyl (C=O) groups is 1. The van der Waals surface area contributed by atoms with E-state index in [9.17, 15) is 9.90 Å². The Labute approximate surface area is 129 Å². The molecule has 1 aliphatic heterocycles. The summed E-state index contributed by atoms with van der Waals surface area (Å²) >= 11 is 0. The van der Waals surface area contributed by atoms with Crippen molar-refractivity contribution in [3.63, 3.8) is 0 Å². The third kappa shape index (κ3) is 2.47. The van der Waals surface area contributed by atoms with Gasteiger partial charge in [0.2, 0.25) is 0 Å². The van der Waals surface area contributed by atoms with E-state index >= 15 is 0 Å². The van der Waals surface area contributed by atoms with Crippen LogP contribution >= 0.6 is 0 Å². The van der Waals surface area contributed by atoms with E-state index in [0.29, 0.717) is 23.4 Å². The smallest absolute Gasteiger partial charge is 0.259 e. The van der Waals surface area contributed by atoms with Crippen molar-refractivity contribution < 1.29 is 9.90 Å². The van der Waals surface area contributed by atoms with Crippen LogP contribution in [0, 0.1) is 26.7 Å². The summed E-state index contributed by atoms with van der Waals surface area (Å²) in [6, 6.07) is 1.95. The second-order valence-electron chi connectivity index (χ2n) is 6.18. The monoisotopic (exact) mass is 302 g/mol. The van der Waals surface area contributed by atoms with Gasteiger partial charge in [0.05, 0.1) is 5.69 Å². The highest BCUT2D eigenvalue weighted by atomic mass is 16.3. The lowest BCUT2D eigenvalue weighted by atomic mass is 9.98. The predicted octanol–water partition coefficient (Wildman–Crippen LogP) is 1.50. The number of likely N-dealkylation sites (tertiary alicyclic amines) is 1. The molecule has 118 valence electrons. The van der Waals surface area contributed by atoms with E-state index in [1.165, 1.54) is 0 Å². The molecule has 3 heterocycles. The number of aliphatic hydroxyl groups excluding tert-OH is 1. The molecule has 0 radical (unpaired) electrons. The molecule has 0 bridgehead atoms. The molecule has 2 aromatic heterocycles. The van der Waals surface area contributed by atoms with Gasteiger partial charge in [-0.05, 0) is 45.6 Å². The molecule has 0 aromatic carbocycles. The van der Waals surface area contributed by atoms with Crippen molar-refractivity contribution in [2.75, 3.05) is 19.7 Å². The van der Waals surface area contributed by atoms with Gasteiger partial charge in [-0.15, -0.1) is 0 Å². The van der Waals surface area contributed by atoms with Crippen LogP contribution in [-0.2, 0) is 0 Å². The molecule has 2 aromatic rings. The lowest BCUT2D eigenvalue weighted by Crippen LogP contribution is -2.41. The minimum absolute atomic E-state index is 0.0249. The molecule has 0 saturated carbocycles. The summed E-state index contributed by atoms with van der Waals surface area (Å²) in [7, 11) is 0. The average molecular weight is 302 g/mol. The zero-order valence-corrected chi connectivity index (χ0v) is 13.3. The Morgan fingerprint density at radius 3 is 2.91 bits per heavy atom. The van der Waals surface area contributed by atoms with Crippen LogP contribution < -0.4 is 0 Å². The van der Waals surface area contributed by atoms with Gasteiger partial charge in [-0.3, -0.25) is 4.79 Å². The third-order valence-electron chi connectivity index (χ3n) is 4.35. The lowest BCUT2D eigenvalue weighted by Gasteiger charge is -2.31. The van der Waals surface area contributed by atoms with E-state index in [2.05, 4.69) is 10.1 Å². The normalized spacial score (nSPS) is 18.9. The van der Waals surface area contributed by atoms with Crippen LogP contribution in [0.5, 0.6) is 0 Å². The maximum Gasteiger partial charge on any atom is 0.259 e. The number of aliphatic hydroxyl groups is 1. The first kappa shape index (κ1) is 15.0. The van der Waals surface area contributed by atoms with E-state index in [1.807, 2.05) is 31.7 Å². The number of aromatic nitrogens is 3. The van der Waals surface area contributed by atoms with Gasteiger partial charge in [0.1, 0.15) is 5.56 Å². The first-order valence-corrected chi connectivity index (χ1v) is 7.75. The van der Waals surface area contributed by atoms with E-state index in [4.69, 9.17) is 0 Å². The van der Waals surface area contributed by atoms with Crippen molar-refractivity contribution in [2.24, 2.45) is 5.92 Å². The van der Waals surface area contributed by atoms with E-state index < -0.39 is 0 Å². The molecule has 6 nitrogen and oxygen atoms in total. The second kappa shape index (κ2) is 5.68. The highest BCUT2D eigenvalue weighted by molar-refractivity contribution is 6.01. The summed E-state index contributed by atoms with van der Waals surface area (Å²) in [6.07, 6.45) is 1.91. The Morgan fingerprint density at radius 2 is 2.18 bits per heavy atom. The second-order valence-corrected chi connectivity index (χ2v) is 6.18. The Hall–Kier alpha value is -1.95. The number of carbonyl (C=O) groups excluding carboxylic acids is 1. The summed E-state index contributed by atoms with van der Waals surface area (Å²) in [6.45, 7) is 7.21. The average Bonchev–Trinajstić information content (AvgIpc) is 2.83. The molecule has 0 spiro atoms. The molecule has 1 N–H and O–H groups in total. The number of hydrogen-bond donors (Lipinski definition) is 1. The molecule has 6 heteroatoms. The van der Waals surface area contributed by atoms with Gasteiger partial charge in [0, 0.05) is 31.1 Å². The first-order valence-electron chi connectivity index (χ1n) is 7.75. The molecule has 1 unspecified atom stereocenters. The van der Waals surface area contributed by atoms with Gasteiger partial charge in [-0.1, -0.05) is 0 Å². The number of piperidine rings is 1. The van der Waals surface area contributed by atoms with Crippen molar-refractivity contribution in [3.8, 4) is 0 Å². The van der Waals surface area contributed by atoms with Crippen LogP contribution in [0.15, 0.2) is 6.07 Å². The summed E-state index contributed by atoms with van der Waals surface area (Å²) in [5.74, 6) is 0.152. The zero-order chi connectivity index (χ0) is 15.9. The number of amides is 1. The van der Waals surface area contributed by atoms with E-state index in [-0.39, 0.29) is 18.4 Å². The fourth-order valence-corrected chi connectivity index (χ4v) is 3.23. The number of nitrogens with zero attached hydrogens (tertiary/aromatic N) is 4. The van der Waals surface area contributed by atoms with Crippen molar-refractivity contribution in [3.05, 3.63) is 28.7 Å². The largest absolute Gasteiger partial charge is 0.396 e. The van der Waals surface area contributed by atoms with Crippen molar-refractivity contribution >= 4 is 11.6 Å². The van der Waals surface area contributed by atoms with Crippen molar-refractivity contribution in [1.82, 2.24) is 19.5 Å². The zero-order valence-electron chi connectivity index (χ0n) is 13.3. The Bertz CT molecular complexity index is 722. The summed E-state index contributed by atoms with van der Waals surface area (Å²) < 4.78 is 1.74. The quantitative estimate of drug-likeness (QED) is 0.912. The predicted molar refractivity (Wildman–Crippen MR) is 82.9 cm³/mol. The summed E-state index contributed by atoms with van der Waals surface area (Å²) in [5.41, 5.74) is 3.77. The van der Waals surface area contributed by atoms with Gasteiger partial charge in [0.15, 0.2) is 5.65 Å². The van der Waals surface area contributed by atoms with E-state index in [0.717, 1.165) is 30.8 Å². The topological polar surface area (TPSA) is 70.7 Å². The van der Waals surface area contributed by atoms with Crippen LogP contribution in [0.25, 0.3) is 5.65 Å². The molecule has 1 amide bonds. The molecule has 0 aliphatic carbocycles. The van der Waals surface area contributed by atoms with Gasteiger partial charge in [-0.25, -0.2) is 9.50 Å². The SMILES string of the molecule is Cc1cc(C)n2nc(C)c(C(=O)N3CCCC(CO)C3)c2n1. The van der Waals surface area contributed by atoms with Crippen LogP contribution in [0.3, 0.4) is 0 Å². The highest BCUT2D eigenvalue weighted by Gasteiger charge is 2.28. The Kier molecular flexibility index (Phi) is 3.87. The molecule has 1 atom stereocenters. The number of hydrogen-bond acceptors (Lipinski definition) is 4. The van der Waals surface area contributed by atoms with Crippen LogP contribution in [0.2, 0.25) is 0 Å². The number of rotatable bonds is 2. The van der Waals surface area contributed by atoms with Crippen LogP contribution in [0.4, 0.5) is 0 Å². The van der Waals surface area contributed by atoms with E-state index in [1.54, 1.807) is 4.52 Å². The fourth-order valence-electron chi connectivity index (χ4n) is 3.23. The molecule has 1 fully saturated rings. The van der Waals surface area contributed by atoms with Crippen molar-refractivity contribution in [2.45, 2.75) is 33.6 Å².